The van der Waals surface area contributed by atoms with Gasteiger partial charge in [0, 0.05) is 0 Å². The van der Waals surface area contributed by atoms with Crippen LogP contribution < -0.4 is 5.32 Å². The largest absolute Gasteiger partial charge is 0.325 e. The van der Waals surface area contributed by atoms with E-state index in [9.17, 15) is 9.59 Å². The predicted molar refractivity (Wildman–Crippen MR) is 44.6 cm³/mol. The zero-order valence-corrected chi connectivity index (χ0v) is 7.63. The minimum atomic E-state index is -0.825. The Morgan fingerprint density at radius 2 is 2.23 bits per heavy atom. The molecular formula is C8H11N3O2. The fourth-order valence-electron chi connectivity index (χ4n) is 1.20. The molecule has 0 bridgehead atoms. The Morgan fingerprint density at radius 1 is 1.62 bits per heavy atom. The lowest BCUT2D eigenvalue weighted by molar-refractivity contribution is -0.130. The van der Waals surface area contributed by atoms with E-state index in [1.54, 1.807) is 13.0 Å². The van der Waals surface area contributed by atoms with Crippen molar-refractivity contribution in [1.29, 1.82) is 5.26 Å². The highest BCUT2D eigenvalue weighted by molar-refractivity contribution is 6.06. The molecule has 0 aromatic heterocycles. The summed E-state index contributed by atoms with van der Waals surface area (Å²) in [5.41, 5.74) is -0.825. The highest BCUT2D eigenvalue weighted by Crippen LogP contribution is 2.19. The molecule has 0 aliphatic carbocycles. The molecule has 13 heavy (non-hydrogen) atoms. The van der Waals surface area contributed by atoms with Crippen molar-refractivity contribution in [2.75, 3.05) is 6.54 Å². The maximum atomic E-state index is 11.6. The summed E-state index contributed by atoms with van der Waals surface area (Å²) in [6, 6.07) is 1.30. The quantitative estimate of drug-likeness (QED) is 0.489. The summed E-state index contributed by atoms with van der Waals surface area (Å²) in [5, 5.41) is 10.9. The Labute approximate surface area is 76.3 Å². The average Bonchev–Trinajstić information content (AvgIpc) is 2.31. The van der Waals surface area contributed by atoms with Gasteiger partial charge in [-0.15, -0.1) is 0 Å². The van der Waals surface area contributed by atoms with Crippen molar-refractivity contribution in [3.63, 3.8) is 0 Å². The molecule has 5 heteroatoms. The molecule has 0 spiro atoms. The van der Waals surface area contributed by atoms with Crippen molar-refractivity contribution < 1.29 is 9.59 Å². The van der Waals surface area contributed by atoms with Crippen LogP contribution in [0.5, 0.6) is 0 Å². The van der Waals surface area contributed by atoms with Crippen molar-refractivity contribution >= 4 is 11.9 Å². The summed E-state index contributed by atoms with van der Waals surface area (Å²) < 4.78 is 0. The minimum absolute atomic E-state index is 0.180. The highest BCUT2D eigenvalue weighted by Gasteiger charge is 2.46. The lowest BCUT2D eigenvalue weighted by Crippen LogP contribution is -2.43. The molecule has 1 aliphatic heterocycles. The molecule has 1 rings (SSSR count). The van der Waals surface area contributed by atoms with E-state index in [2.05, 4.69) is 5.32 Å². The maximum absolute atomic E-state index is 11.6. The van der Waals surface area contributed by atoms with Gasteiger partial charge in [-0.2, -0.15) is 5.26 Å². The van der Waals surface area contributed by atoms with Gasteiger partial charge in [0.2, 0.25) is 0 Å². The van der Waals surface area contributed by atoms with Crippen LogP contribution in [0.25, 0.3) is 0 Å². The first kappa shape index (κ1) is 9.52. The number of amides is 3. The Balaban J connectivity index is 2.89. The number of carbonyl (C=O) groups excluding carboxylic acids is 2. The van der Waals surface area contributed by atoms with Gasteiger partial charge in [0.1, 0.15) is 12.1 Å². The SMILES string of the molecule is CCC1(C)NC(=O)N(CC#N)C1=O. The second-order valence-corrected chi connectivity index (χ2v) is 3.17. The van der Waals surface area contributed by atoms with Crippen LogP contribution >= 0.6 is 0 Å². The van der Waals surface area contributed by atoms with Crippen LogP contribution in [0, 0.1) is 11.3 Å². The fraction of sp³-hybridized carbons (Fsp3) is 0.625. The zero-order chi connectivity index (χ0) is 10.1. The monoisotopic (exact) mass is 181 g/mol. The van der Waals surface area contributed by atoms with Crippen molar-refractivity contribution in [1.82, 2.24) is 10.2 Å². The second-order valence-electron chi connectivity index (χ2n) is 3.17. The summed E-state index contributed by atoms with van der Waals surface area (Å²) in [4.78, 5) is 23.7. The van der Waals surface area contributed by atoms with Gasteiger partial charge in [0.15, 0.2) is 0 Å². The molecule has 1 N–H and O–H groups in total. The number of nitrogens with one attached hydrogen (secondary N) is 1. The lowest BCUT2D eigenvalue weighted by atomic mass is 10.00. The third-order valence-corrected chi connectivity index (χ3v) is 2.28. The van der Waals surface area contributed by atoms with Crippen molar-refractivity contribution in [3.8, 4) is 6.07 Å². The van der Waals surface area contributed by atoms with E-state index in [0.717, 1.165) is 4.90 Å². The van der Waals surface area contributed by atoms with Crippen LogP contribution in [0.1, 0.15) is 20.3 Å². The predicted octanol–water partition coefficient (Wildman–Crippen LogP) is 0.230. The van der Waals surface area contributed by atoms with Crippen LogP contribution in [0.3, 0.4) is 0 Å². The van der Waals surface area contributed by atoms with Crippen LogP contribution in [0.15, 0.2) is 0 Å². The van der Waals surface area contributed by atoms with Crippen molar-refractivity contribution in [2.45, 2.75) is 25.8 Å². The van der Waals surface area contributed by atoms with E-state index in [0.29, 0.717) is 6.42 Å². The van der Waals surface area contributed by atoms with Crippen molar-refractivity contribution in [3.05, 3.63) is 0 Å². The van der Waals surface area contributed by atoms with Gasteiger partial charge < -0.3 is 5.32 Å². The lowest BCUT2D eigenvalue weighted by Gasteiger charge is -2.18. The average molecular weight is 181 g/mol. The number of hydrogen-bond donors (Lipinski definition) is 1. The molecule has 1 fully saturated rings. The zero-order valence-electron chi connectivity index (χ0n) is 7.63. The molecule has 70 valence electrons. The molecule has 5 nitrogen and oxygen atoms in total. The normalized spacial score (nSPS) is 27.3. The number of nitriles is 1. The molecule has 0 aromatic rings. The van der Waals surface area contributed by atoms with E-state index in [4.69, 9.17) is 5.26 Å². The minimum Gasteiger partial charge on any atom is -0.323 e. The summed E-state index contributed by atoms with van der Waals surface area (Å²) in [7, 11) is 0. The number of rotatable bonds is 2. The number of urea groups is 1. The van der Waals surface area contributed by atoms with E-state index in [-0.39, 0.29) is 12.5 Å². The summed E-state index contributed by atoms with van der Waals surface area (Å²) in [6.45, 7) is 3.29. The summed E-state index contributed by atoms with van der Waals surface area (Å²) in [5.74, 6) is -0.318. The van der Waals surface area contributed by atoms with Crippen LogP contribution in [0.2, 0.25) is 0 Å². The molecule has 1 aliphatic rings. The molecular weight excluding hydrogens is 170 g/mol. The first-order chi connectivity index (χ1) is 6.05. The number of hydrogen-bond acceptors (Lipinski definition) is 3. The van der Waals surface area contributed by atoms with E-state index in [1.165, 1.54) is 0 Å². The maximum Gasteiger partial charge on any atom is 0.325 e. The Morgan fingerprint density at radius 3 is 2.62 bits per heavy atom. The van der Waals surface area contributed by atoms with E-state index in [1.807, 2.05) is 6.92 Å². The van der Waals surface area contributed by atoms with Gasteiger partial charge >= 0.3 is 6.03 Å². The highest BCUT2D eigenvalue weighted by atomic mass is 16.2. The smallest absolute Gasteiger partial charge is 0.323 e. The van der Waals surface area contributed by atoms with E-state index < -0.39 is 11.6 Å². The van der Waals surface area contributed by atoms with Crippen LogP contribution in [-0.4, -0.2) is 28.9 Å². The molecule has 1 heterocycles. The topological polar surface area (TPSA) is 73.2 Å². The molecule has 0 radical (unpaired) electrons. The second kappa shape index (κ2) is 3.05. The first-order valence-corrected chi connectivity index (χ1v) is 4.06. The third-order valence-electron chi connectivity index (χ3n) is 2.28. The number of carbonyl (C=O) groups is 2. The van der Waals surface area contributed by atoms with Crippen molar-refractivity contribution in [2.24, 2.45) is 0 Å². The Hall–Kier alpha value is -1.57. The van der Waals surface area contributed by atoms with E-state index >= 15 is 0 Å². The third kappa shape index (κ3) is 1.35. The molecule has 1 saturated heterocycles. The van der Waals surface area contributed by atoms with Crippen LogP contribution in [-0.2, 0) is 4.79 Å². The van der Waals surface area contributed by atoms with Gasteiger partial charge in [-0.1, -0.05) is 6.92 Å². The molecule has 1 atom stereocenters. The van der Waals surface area contributed by atoms with Crippen LogP contribution in [0.4, 0.5) is 4.79 Å². The Kier molecular flexibility index (Phi) is 2.24. The fourth-order valence-corrected chi connectivity index (χ4v) is 1.20. The van der Waals surface area contributed by atoms with Gasteiger partial charge in [-0.25, -0.2) is 9.69 Å². The summed E-state index contributed by atoms with van der Waals surface area (Å²) >= 11 is 0. The molecule has 0 aromatic carbocycles. The molecule has 3 amide bonds. The first-order valence-electron chi connectivity index (χ1n) is 4.06. The molecule has 0 saturated carbocycles. The number of imide groups is 1. The van der Waals surface area contributed by atoms with Gasteiger partial charge in [-0.05, 0) is 13.3 Å². The molecule has 1 unspecified atom stereocenters. The number of nitrogens with zero attached hydrogens (tertiary/aromatic N) is 2. The standard InChI is InChI=1S/C8H11N3O2/c1-3-8(2)6(12)11(5-4-9)7(13)10-8/h3,5H2,1-2H3,(H,10,13). The summed E-state index contributed by atoms with van der Waals surface area (Å²) in [6.07, 6.45) is 0.527. The van der Waals surface area contributed by atoms with Gasteiger partial charge in [0.05, 0.1) is 6.07 Å². The Bertz CT molecular complexity index is 294. The van der Waals surface area contributed by atoms with Gasteiger partial charge in [-0.3, -0.25) is 4.79 Å². The van der Waals surface area contributed by atoms with Gasteiger partial charge in [0.25, 0.3) is 5.91 Å².